The van der Waals surface area contributed by atoms with Crippen LogP contribution in [0.5, 0.6) is 11.5 Å². The maximum absolute atomic E-state index is 11.8. The van der Waals surface area contributed by atoms with Crippen molar-refractivity contribution in [3.8, 4) is 22.8 Å². The number of pyridine rings is 1. The summed E-state index contributed by atoms with van der Waals surface area (Å²) in [5.41, 5.74) is 7.16. The second-order valence-electron chi connectivity index (χ2n) is 5.07. The first-order chi connectivity index (χ1) is 11.1. The van der Waals surface area contributed by atoms with Crippen LogP contribution >= 0.6 is 0 Å². The molecule has 1 amide bonds. The number of primary amides is 1. The molecule has 2 N–H and O–H groups in total. The Labute approximate surface area is 133 Å². The summed E-state index contributed by atoms with van der Waals surface area (Å²) in [7, 11) is 3.17. The summed E-state index contributed by atoms with van der Waals surface area (Å²) in [6, 6.07) is 14.7. The van der Waals surface area contributed by atoms with Crippen LogP contribution in [0.2, 0.25) is 0 Å². The van der Waals surface area contributed by atoms with Crippen molar-refractivity contribution in [3.63, 3.8) is 0 Å². The van der Waals surface area contributed by atoms with E-state index in [0.717, 1.165) is 22.0 Å². The van der Waals surface area contributed by atoms with Crippen molar-refractivity contribution in [3.05, 3.63) is 54.7 Å². The fraction of sp³-hybridized carbons (Fsp3) is 0.111. The molecule has 23 heavy (non-hydrogen) atoms. The summed E-state index contributed by atoms with van der Waals surface area (Å²) in [6.45, 7) is 0. The van der Waals surface area contributed by atoms with E-state index in [-0.39, 0.29) is 0 Å². The SMILES string of the molecule is COc1cc2cc(-c3ccccc3)[n+](C(N)=O)cc2cc1OC. The third-order valence-electron chi connectivity index (χ3n) is 3.72. The molecule has 3 rings (SSSR count). The summed E-state index contributed by atoms with van der Waals surface area (Å²) < 4.78 is 12.1. The number of methoxy groups -OCH3 is 2. The predicted molar refractivity (Wildman–Crippen MR) is 87.7 cm³/mol. The fourth-order valence-electron chi connectivity index (χ4n) is 2.59. The number of carbonyl (C=O) groups excluding carboxylic acids is 1. The van der Waals surface area contributed by atoms with Gasteiger partial charge in [0.1, 0.15) is 11.9 Å². The van der Waals surface area contributed by atoms with E-state index in [4.69, 9.17) is 15.2 Å². The minimum absolute atomic E-state index is 0.541. The number of hydrogen-bond acceptors (Lipinski definition) is 3. The number of carbonyl (C=O) groups is 1. The third kappa shape index (κ3) is 2.68. The average Bonchev–Trinajstić information content (AvgIpc) is 2.59. The van der Waals surface area contributed by atoms with Crippen molar-refractivity contribution in [2.75, 3.05) is 14.2 Å². The Morgan fingerprint density at radius 2 is 1.57 bits per heavy atom. The van der Waals surface area contributed by atoms with Crippen LogP contribution in [0.15, 0.2) is 54.7 Å². The Balaban J connectivity index is 2.31. The van der Waals surface area contributed by atoms with Crippen LogP contribution in [0.25, 0.3) is 22.0 Å². The van der Waals surface area contributed by atoms with Crippen LogP contribution in [0.1, 0.15) is 0 Å². The van der Waals surface area contributed by atoms with E-state index in [1.807, 2.05) is 48.5 Å². The van der Waals surface area contributed by atoms with Crippen molar-refractivity contribution in [2.24, 2.45) is 5.73 Å². The highest BCUT2D eigenvalue weighted by Crippen LogP contribution is 2.32. The average molecular weight is 309 g/mol. The molecule has 0 saturated heterocycles. The first kappa shape index (κ1) is 14.8. The van der Waals surface area contributed by atoms with Gasteiger partial charge in [-0.1, -0.05) is 30.3 Å². The van der Waals surface area contributed by atoms with Crippen LogP contribution < -0.4 is 19.8 Å². The zero-order valence-corrected chi connectivity index (χ0v) is 12.9. The van der Waals surface area contributed by atoms with Gasteiger partial charge in [-0.05, 0) is 23.6 Å². The molecule has 0 spiro atoms. The van der Waals surface area contributed by atoms with Crippen molar-refractivity contribution in [2.45, 2.75) is 0 Å². The van der Waals surface area contributed by atoms with E-state index in [1.54, 1.807) is 20.4 Å². The number of rotatable bonds is 3. The van der Waals surface area contributed by atoms with Crippen molar-refractivity contribution >= 4 is 16.8 Å². The maximum Gasteiger partial charge on any atom is 0.494 e. The monoisotopic (exact) mass is 309 g/mol. The van der Waals surface area contributed by atoms with Crippen molar-refractivity contribution in [1.29, 1.82) is 0 Å². The number of amides is 1. The number of nitrogens with two attached hydrogens (primary N) is 1. The molecule has 0 aliphatic heterocycles. The number of ether oxygens (including phenoxy) is 2. The molecule has 0 atom stereocenters. The highest BCUT2D eigenvalue weighted by molar-refractivity contribution is 5.88. The summed E-state index contributed by atoms with van der Waals surface area (Å²) >= 11 is 0. The zero-order valence-electron chi connectivity index (χ0n) is 12.9. The van der Waals surface area contributed by atoms with Gasteiger partial charge in [-0.2, -0.15) is 9.36 Å². The second-order valence-corrected chi connectivity index (χ2v) is 5.07. The Morgan fingerprint density at radius 3 is 2.13 bits per heavy atom. The van der Waals surface area contributed by atoms with E-state index < -0.39 is 6.03 Å². The molecule has 1 aromatic heterocycles. The minimum Gasteiger partial charge on any atom is -0.493 e. The van der Waals surface area contributed by atoms with Crippen LogP contribution in [0.3, 0.4) is 0 Å². The smallest absolute Gasteiger partial charge is 0.493 e. The molecule has 0 bridgehead atoms. The van der Waals surface area contributed by atoms with Gasteiger partial charge in [-0.25, -0.2) is 0 Å². The van der Waals surface area contributed by atoms with Gasteiger partial charge in [0.15, 0.2) is 11.5 Å². The van der Waals surface area contributed by atoms with E-state index in [2.05, 4.69) is 0 Å². The number of aromatic nitrogens is 1. The molecular weight excluding hydrogens is 292 g/mol. The van der Waals surface area contributed by atoms with Gasteiger partial charge in [0.25, 0.3) is 0 Å². The fourth-order valence-corrected chi connectivity index (χ4v) is 2.59. The van der Waals surface area contributed by atoms with Crippen LogP contribution in [0.4, 0.5) is 4.79 Å². The van der Waals surface area contributed by atoms with E-state index >= 15 is 0 Å². The zero-order chi connectivity index (χ0) is 16.4. The third-order valence-corrected chi connectivity index (χ3v) is 3.72. The molecule has 3 aromatic rings. The van der Waals surface area contributed by atoms with Crippen LogP contribution in [-0.4, -0.2) is 20.3 Å². The molecule has 5 nitrogen and oxygen atoms in total. The van der Waals surface area contributed by atoms with E-state index in [1.165, 1.54) is 4.57 Å². The topological polar surface area (TPSA) is 65.4 Å². The summed E-state index contributed by atoms with van der Waals surface area (Å²) in [6.07, 6.45) is 1.71. The lowest BCUT2D eigenvalue weighted by molar-refractivity contribution is -0.556. The quantitative estimate of drug-likeness (QED) is 0.757. The highest BCUT2D eigenvalue weighted by Gasteiger charge is 2.18. The standard InChI is InChI=1S/C18H16N2O3/c1-22-16-9-13-8-15(12-6-4-3-5-7-12)20(18(19)21)11-14(13)10-17(16)23-2/h3-11H,1-2H3,(H-,19,21)/p+1. The lowest BCUT2D eigenvalue weighted by Crippen LogP contribution is -2.48. The molecule has 0 fully saturated rings. The van der Waals surface area contributed by atoms with Crippen LogP contribution in [-0.2, 0) is 0 Å². The van der Waals surface area contributed by atoms with Gasteiger partial charge in [0.05, 0.1) is 14.2 Å². The van der Waals surface area contributed by atoms with Gasteiger partial charge in [0, 0.05) is 10.9 Å². The first-order valence-corrected chi connectivity index (χ1v) is 7.10. The summed E-state index contributed by atoms with van der Waals surface area (Å²) in [4.78, 5) is 11.8. The molecule has 2 aromatic carbocycles. The van der Waals surface area contributed by atoms with Gasteiger partial charge in [-0.15, -0.1) is 0 Å². The number of benzene rings is 2. The molecule has 0 radical (unpaired) electrons. The maximum atomic E-state index is 11.8. The van der Waals surface area contributed by atoms with Gasteiger partial charge < -0.3 is 9.47 Å². The first-order valence-electron chi connectivity index (χ1n) is 7.10. The molecule has 0 aliphatic carbocycles. The predicted octanol–water partition coefficient (Wildman–Crippen LogP) is 2.74. The number of hydrogen-bond donors (Lipinski definition) is 1. The van der Waals surface area contributed by atoms with Crippen LogP contribution in [0, 0.1) is 0 Å². The van der Waals surface area contributed by atoms with Gasteiger partial charge >= 0.3 is 6.03 Å². The molecule has 0 aliphatic rings. The molecule has 116 valence electrons. The van der Waals surface area contributed by atoms with Crippen molar-refractivity contribution in [1.82, 2.24) is 0 Å². The molecule has 5 heteroatoms. The lowest BCUT2D eigenvalue weighted by atomic mass is 10.1. The van der Waals surface area contributed by atoms with E-state index in [9.17, 15) is 4.79 Å². The Hall–Kier alpha value is -3.08. The Morgan fingerprint density at radius 1 is 0.957 bits per heavy atom. The normalized spacial score (nSPS) is 10.5. The summed E-state index contributed by atoms with van der Waals surface area (Å²) in [5.74, 6) is 1.24. The number of fused-ring (bicyclic) bond motifs is 1. The Kier molecular flexibility index (Phi) is 3.85. The molecule has 0 saturated carbocycles. The van der Waals surface area contributed by atoms with Gasteiger partial charge in [-0.3, -0.25) is 5.73 Å². The summed E-state index contributed by atoms with van der Waals surface area (Å²) in [5, 5.41) is 1.76. The largest absolute Gasteiger partial charge is 0.494 e. The second kappa shape index (κ2) is 5.96. The molecule has 1 heterocycles. The van der Waals surface area contributed by atoms with E-state index in [0.29, 0.717) is 11.5 Å². The Bertz CT molecular complexity index is 876. The highest BCUT2D eigenvalue weighted by atomic mass is 16.5. The lowest BCUT2D eigenvalue weighted by Gasteiger charge is -2.11. The molecule has 0 unspecified atom stereocenters. The van der Waals surface area contributed by atoms with Crippen molar-refractivity contribution < 1.29 is 18.8 Å². The minimum atomic E-state index is -0.541. The van der Waals surface area contributed by atoms with Gasteiger partial charge in [0.2, 0.25) is 0 Å². The number of nitrogens with zero attached hydrogens (tertiary/aromatic N) is 1. The molecular formula is C18H17N2O3+.